The highest BCUT2D eigenvalue weighted by atomic mass is 19.1. The SMILES string of the molecule is CN1C[C@H](CN)[C@H](F)C1. The van der Waals surface area contributed by atoms with Crippen molar-refractivity contribution in [3.63, 3.8) is 0 Å². The quantitative estimate of drug-likeness (QED) is 0.537. The van der Waals surface area contributed by atoms with Crippen LogP contribution in [0.1, 0.15) is 0 Å². The molecule has 0 saturated carbocycles. The van der Waals surface area contributed by atoms with E-state index < -0.39 is 6.17 Å². The molecular formula is C6H13FN2. The largest absolute Gasteiger partial charge is 0.330 e. The zero-order valence-corrected chi connectivity index (χ0v) is 5.68. The summed E-state index contributed by atoms with van der Waals surface area (Å²) in [7, 11) is 1.92. The fourth-order valence-electron chi connectivity index (χ4n) is 1.26. The third kappa shape index (κ3) is 1.40. The molecule has 0 amide bonds. The Morgan fingerprint density at radius 1 is 1.67 bits per heavy atom. The van der Waals surface area contributed by atoms with Crippen LogP contribution in [0.4, 0.5) is 4.39 Å². The van der Waals surface area contributed by atoms with Gasteiger partial charge in [-0.15, -0.1) is 0 Å². The molecule has 3 heteroatoms. The lowest BCUT2D eigenvalue weighted by Crippen LogP contribution is -2.22. The van der Waals surface area contributed by atoms with Crippen LogP contribution in [0.5, 0.6) is 0 Å². The van der Waals surface area contributed by atoms with Gasteiger partial charge < -0.3 is 10.6 Å². The molecule has 54 valence electrons. The maximum Gasteiger partial charge on any atom is 0.118 e. The molecule has 1 heterocycles. The van der Waals surface area contributed by atoms with E-state index in [1.807, 2.05) is 11.9 Å². The van der Waals surface area contributed by atoms with Crippen molar-refractivity contribution in [3.05, 3.63) is 0 Å². The predicted octanol–water partition coefficient (Wildman–Crippen LogP) is -0.155. The molecule has 2 N–H and O–H groups in total. The number of alkyl halides is 1. The topological polar surface area (TPSA) is 29.3 Å². The van der Waals surface area contributed by atoms with Gasteiger partial charge in [0, 0.05) is 19.0 Å². The molecule has 2 nitrogen and oxygen atoms in total. The third-order valence-electron chi connectivity index (χ3n) is 1.85. The zero-order chi connectivity index (χ0) is 6.85. The molecule has 1 fully saturated rings. The van der Waals surface area contributed by atoms with Crippen LogP contribution in [0, 0.1) is 5.92 Å². The molecule has 0 aromatic carbocycles. The molecule has 0 aromatic rings. The van der Waals surface area contributed by atoms with E-state index in [0.717, 1.165) is 6.54 Å². The Morgan fingerprint density at radius 3 is 2.56 bits per heavy atom. The molecule has 2 atom stereocenters. The molecule has 1 rings (SSSR count). The van der Waals surface area contributed by atoms with Crippen molar-refractivity contribution in [1.29, 1.82) is 0 Å². The summed E-state index contributed by atoms with van der Waals surface area (Å²) in [6, 6.07) is 0. The van der Waals surface area contributed by atoms with Crippen LogP contribution >= 0.6 is 0 Å². The lowest BCUT2D eigenvalue weighted by atomic mass is 10.1. The highest BCUT2D eigenvalue weighted by Gasteiger charge is 2.28. The van der Waals surface area contributed by atoms with E-state index in [2.05, 4.69) is 0 Å². The summed E-state index contributed by atoms with van der Waals surface area (Å²) in [4.78, 5) is 1.97. The molecule has 0 aliphatic carbocycles. The minimum Gasteiger partial charge on any atom is -0.330 e. The van der Waals surface area contributed by atoms with Gasteiger partial charge in [-0.25, -0.2) is 4.39 Å². The smallest absolute Gasteiger partial charge is 0.118 e. The Kier molecular flexibility index (Phi) is 2.03. The fraction of sp³-hybridized carbons (Fsp3) is 1.00. The maximum atomic E-state index is 12.7. The van der Waals surface area contributed by atoms with Crippen molar-refractivity contribution >= 4 is 0 Å². The first-order chi connectivity index (χ1) is 4.24. The molecule has 9 heavy (non-hydrogen) atoms. The molecule has 0 bridgehead atoms. The number of hydrogen-bond acceptors (Lipinski definition) is 2. The Hall–Kier alpha value is -0.150. The van der Waals surface area contributed by atoms with E-state index in [4.69, 9.17) is 5.73 Å². The van der Waals surface area contributed by atoms with Crippen LogP contribution < -0.4 is 5.73 Å². The minimum atomic E-state index is -0.694. The lowest BCUT2D eigenvalue weighted by Gasteiger charge is -2.06. The van der Waals surface area contributed by atoms with Crippen LogP contribution in [0.25, 0.3) is 0 Å². The standard InChI is InChI=1S/C6H13FN2/c1-9-3-5(2-8)6(7)4-9/h5-6H,2-4,8H2,1H3/t5-,6+/m0/s1. The number of rotatable bonds is 1. The van der Waals surface area contributed by atoms with Gasteiger partial charge in [0.2, 0.25) is 0 Å². The summed E-state index contributed by atoms with van der Waals surface area (Å²) >= 11 is 0. The van der Waals surface area contributed by atoms with Crippen LogP contribution in [-0.2, 0) is 0 Å². The van der Waals surface area contributed by atoms with Crippen molar-refractivity contribution < 1.29 is 4.39 Å². The second-order valence-corrected chi connectivity index (χ2v) is 2.73. The second kappa shape index (κ2) is 2.62. The van der Waals surface area contributed by atoms with Gasteiger partial charge in [-0.05, 0) is 13.6 Å². The highest BCUT2D eigenvalue weighted by Crippen LogP contribution is 2.16. The van der Waals surface area contributed by atoms with Crippen molar-refractivity contribution in [3.8, 4) is 0 Å². The number of nitrogens with zero attached hydrogens (tertiary/aromatic N) is 1. The summed E-state index contributed by atoms with van der Waals surface area (Å²) in [6.45, 7) is 1.85. The molecule has 1 aliphatic rings. The second-order valence-electron chi connectivity index (χ2n) is 2.73. The van der Waals surface area contributed by atoms with Gasteiger partial charge in [0.15, 0.2) is 0 Å². The van der Waals surface area contributed by atoms with E-state index in [9.17, 15) is 4.39 Å². The predicted molar refractivity (Wildman–Crippen MR) is 34.9 cm³/mol. The first-order valence-corrected chi connectivity index (χ1v) is 3.26. The normalized spacial score (nSPS) is 37.7. The van der Waals surface area contributed by atoms with Gasteiger partial charge in [0.1, 0.15) is 6.17 Å². The van der Waals surface area contributed by atoms with Crippen LogP contribution in [0.2, 0.25) is 0 Å². The summed E-state index contributed by atoms with van der Waals surface area (Å²) < 4.78 is 12.7. The summed E-state index contributed by atoms with van der Waals surface area (Å²) in [5, 5.41) is 0. The number of halogens is 1. The van der Waals surface area contributed by atoms with Crippen LogP contribution in [0.3, 0.4) is 0 Å². The molecule has 0 unspecified atom stereocenters. The monoisotopic (exact) mass is 132 g/mol. The molecule has 0 spiro atoms. The third-order valence-corrected chi connectivity index (χ3v) is 1.85. The molecule has 0 aromatic heterocycles. The Morgan fingerprint density at radius 2 is 2.33 bits per heavy atom. The average Bonchev–Trinajstić information content (AvgIpc) is 2.10. The van der Waals surface area contributed by atoms with E-state index >= 15 is 0 Å². The average molecular weight is 132 g/mol. The van der Waals surface area contributed by atoms with Crippen molar-refractivity contribution in [2.75, 3.05) is 26.7 Å². The molecule has 1 aliphatic heterocycles. The van der Waals surface area contributed by atoms with Crippen molar-refractivity contribution in [2.24, 2.45) is 11.7 Å². The van der Waals surface area contributed by atoms with Gasteiger partial charge in [0.25, 0.3) is 0 Å². The minimum absolute atomic E-state index is 0.0787. The molecule has 0 radical (unpaired) electrons. The van der Waals surface area contributed by atoms with Crippen molar-refractivity contribution in [2.45, 2.75) is 6.17 Å². The van der Waals surface area contributed by atoms with E-state index in [1.54, 1.807) is 0 Å². The summed E-state index contributed by atoms with van der Waals surface area (Å²) in [6.07, 6.45) is -0.694. The Balaban J connectivity index is 2.38. The molecule has 1 saturated heterocycles. The molecular weight excluding hydrogens is 119 g/mol. The van der Waals surface area contributed by atoms with Gasteiger partial charge >= 0.3 is 0 Å². The highest BCUT2D eigenvalue weighted by molar-refractivity contribution is 4.82. The maximum absolute atomic E-state index is 12.7. The summed E-state index contributed by atoms with van der Waals surface area (Å²) in [5.41, 5.74) is 5.32. The Bertz CT molecular complexity index is 97.1. The Labute approximate surface area is 54.8 Å². The zero-order valence-electron chi connectivity index (χ0n) is 5.68. The number of likely N-dealkylation sites (tertiary alicyclic amines) is 1. The van der Waals surface area contributed by atoms with Crippen LogP contribution in [0.15, 0.2) is 0 Å². The van der Waals surface area contributed by atoms with Gasteiger partial charge in [-0.3, -0.25) is 0 Å². The van der Waals surface area contributed by atoms with Gasteiger partial charge in [-0.1, -0.05) is 0 Å². The number of hydrogen-bond donors (Lipinski definition) is 1. The first-order valence-electron chi connectivity index (χ1n) is 3.26. The lowest BCUT2D eigenvalue weighted by molar-refractivity contribution is 0.282. The van der Waals surface area contributed by atoms with E-state index in [-0.39, 0.29) is 5.92 Å². The van der Waals surface area contributed by atoms with Crippen LogP contribution in [-0.4, -0.2) is 37.8 Å². The van der Waals surface area contributed by atoms with Gasteiger partial charge in [-0.2, -0.15) is 0 Å². The number of nitrogens with two attached hydrogens (primary N) is 1. The first kappa shape index (κ1) is 6.96. The fourth-order valence-corrected chi connectivity index (χ4v) is 1.26. The summed E-state index contributed by atoms with van der Waals surface area (Å²) in [5.74, 6) is 0.0787. The van der Waals surface area contributed by atoms with Gasteiger partial charge in [0.05, 0.1) is 0 Å². The van der Waals surface area contributed by atoms with E-state index in [1.165, 1.54) is 0 Å². The van der Waals surface area contributed by atoms with Crippen molar-refractivity contribution in [1.82, 2.24) is 4.90 Å². The van der Waals surface area contributed by atoms with E-state index in [0.29, 0.717) is 13.1 Å².